The molecule has 0 radical (unpaired) electrons. The van der Waals surface area contributed by atoms with E-state index in [1.165, 1.54) is 0 Å². The van der Waals surface area contributed by atoms with Crippen molar-refractivity contribution in [2.24, 2.45) is 4.99 Å². The minimum Gasteiger partial charge on any atom is -0.480 e. The third kappa shape index (κ3) is 1.68. The zero-order valence-corrected chi connectivity index (χ0v) is 10.1. The lowest BCUT2D eigenvalue weighted by molar-refractivity contribution is 0.306. The van der Waals surface area contributed by atoms with E-state index in [1.807, 2.05) is 25.1 Å². The fourth-order valence-electron chi connectivity index (χ4n) is 2.10. The maximum Gasteiger partial charge on any atom is 0.261 e. The first-order chi connectivity index (χ1) is 8.79. The number of hydrogen-bond acceptors (Lipinski definition) is 4. The van der Waals surface area contributed by atoms with E-state index in [1.54, 1.807) is 10.6 Å². The molecule has 0 bridgehead atoms. The average Bonchev–Trinajstić information content (AvgIpc) is 2.40. The molecule has 1 aliphatic rings. The van der Waals surface area contributed by atoms with Gasteiger partial charge in [0.05, 0.1) is 17.5 Å². The summed E-state index contributed by atoms with van der Waals surface area (Å²) in [6.07, 6.45) is 0. The van der Waals surface area contributed by atoms with Crippen molar-refractivity contribution in [3.63, 3.8) is 0 Å². The van der Waals surface area contributed by atoms with Gasteiger partial charge in [-0.05, 0) is 19.1 Å². The van der Waals surface area contributed by atoms with E-state index in [4.69, 9.17) is 4.74 Å². The van der Waals surface area contributed by atoms with Crippen LogP contribution in [0.1, 0.15) is 12.7 Å². The zero-order chi connectivity index (χ0) is 12.5. The van der Waals surface area contributed by atoms with Gasteiger partial charge in [-0.2, -0.15) is 0 Å². The number of nitrogens with zero attached hydrogens (tertiary/aromatic N) is 3. The number of para-hydroxylation sites is 1. The predicted octanol–water partition coefficient (Wildman–Crippen LogP) is 1.35. The first-order valence-electron chi connectivity index (χ1n) is 5.94. The smallest absolute Gasteiger partial charge is 0.261 e. The molecule has 92 valence electrons. The lowest BCUT2D eigenvalue weighted by Gasteiger charge is -2.18. The van der Waals surface area contributed by atoms with Crippen LogP contribution >= 0.6 is 0 Å². The minimum absolute atomic E-state index is 0.0253. The van der Waals surface area contributed by atoms with Gasteiger partial charge in [0, 0.05) is 0 Å². The van der Waals surface area contributed by atoms with Gasteiger partial charge in [0.1, 0.15) is 18.9 Å². The standard InChI is InChI=1S/C13H13N3O2/c1-2-18-12-8-16-11(7-14-12)15-10-6-4-3-5-9(10)13(16)17/h3-6H,2,7-8H2,1H3. The molecule has 0 saturated heterocycles. The Morgan fingerprint density at radius 1 is 1.39 bits per heavy atom. The van der Waals surface area contributed by atoms with E-state index in [0.29, 0.717) is 36.8 Å². The van der Waals surface area contributed by atoms with Crippen LogP contribution in [0.5, 0.6) is 0 Å². The van der Waals surface area contributed by atoms with Crippen molar-refractivity contribution in [3.05, 3.63) is 40.4 Å². The van der Waals surface area contributed by atoms with Crippen molar-refractivity contribution < 1.29 is 4.74 Å². The normalized spacial score (nSPS) is 14.2. The number of rotatable bonds is 1. The maximum atomic E-state index is 12.3. The third-order valence-electron chi connectivity index (χ3n) is 2.94. The van der Waals surface area contributed by atoms with Crippen LogP contribution in [0.15, 0.2) is 34.1 Å². The van der Waals surface area contributed by atoms with E-state index in [2.05, 4.69) is 9.98 Å². The molecular weight excluding hydrogens is 230 g/mol. The van der Waals surface area contributed by atoms with Crippen LogP contribution in [0.25, 0.3) is 10.9 Å². The van der Waals surface area contributed by atoms with Gasteiger partial charge in [-0.15, -0.1) is 0 Å². The van der Waals surface area contributed by atoms with Crippen LogP contribution in [0.4, 0.5) is 0 Å². The second-order valence-electron chi connectivity index (χ2n) is 4.08. The fraction of sp³-hybridized carbons (Fsp3) is 0.308. The topological polar surface area (TPSA) is 56.5 Å². The molecule has 0 fully saturated rings. The Kier molecular flexibility index (Phi) is 2.59. The van der Waals surface area contributed by atoms with Crippen molar-refractivity contribution in [2.75, 3.05) is 6.61 Å². The molecule has 1 aromatic carbocycles. The van der Waals surface area contributed by atoms with E-state index >= 15 is 0 Å². The Bertz CT molecular complexity index is 688. The molecule has 2 heterocycles. The highest BCUT2D eigenvalue weighted by molar-refractivity contribution is 5.80. The highest BCUT2D eigenvalue weighted by Crippen LogP contribution is 2.11. The van der Waals surface area contributed by atoms with E-state index in [-0.39, 0.29) is 5.56 Å². The molecule has 1 aromatic heterocycles. The van der Waals surface area contributed by atoms with Crippen molar-refractivity contribution in [1.82, 2.24) is 9.55 Å². The highest BCUT2D eigenvalue weighted by Gasteiger charge is 2.17. The number of aliphatic imine (C=N–C) groups is 1. The molecule has 0 unspecified atom stereocenters. The first-order valence-corrected chi connectivity index (χ1v) is 5.94. The van der Waals surface area contributed by atoms with Crippen LogP contribution in [-0.4, -0.2) is 22.1 Å². The van der Waals surface area contributed by atoms with E-state index < -0.39 is 0 Å². The van der Waals surface area contributed by atoms with Gasteiger partial charge in [-0.25, -0.2) is 9.98 Å². The fourth-order valence-corrected chi connectivity index (χ4v) is 2.10. The van der Waals surface area contributed by atoms with Crippen LogP contribution in [0.2, 0.25) is 0 Å². The Hall–Kier alpha value is -2.17. The number of hydrogen-bond donors (Lipinski definition) is 0. The third-order valence-corrected chi connectivity index (χ3v) is 2.94. The van der Waals surface area contributed by atoms with Crippen molar-refractivity contribution >= 4 is 16.8 Å². The maximum absolute atomic E-state index is 12.3. The summed E-state index contributed by atoms with van der Waals surface area (Å²) < 4.78 is 7.01. The lowest BCUT2D eigenvalue weighted by Crippen LogP contribution is -2.32. The van der Waals surface area contributed by atoms with Crippen LogP contribution in [-0.2, 0) is 17.8 Å². The second kappa shape index (κ2) is 4.25. The van der Waals surface area contributed by atoms with Crippen LogP contribution in [0, 0.1) is 0 Å². The van der Waals surface area contributed by atoms with Crippen molar-refractivity contribution in [1.29, 1.82) is 0 Å². The monoisotopic (exact) mass is 243 g/mol. The molecule has 0 spiro atoms. The van der Waals surface area contributed by atoms with E-state index in [9.17, 15) is 4.79 Å². The Labute approximate surface area is 104 Å². The molecule has 0 N–H and O–H groups in total. The molecular formula is C13H13N3O2. The van der Waals surface area contributed by atoms with Crippen LogP contribution < -0.4 is 5.56 Å². The molecule has 0 saturated carbocycles. The first kappa shape index (κ1) is 11.0. The summed E-state index contributed by atoms with van der Waals surface area (Å²) in [4.78, 5) is 21.1. The van der Waals surface area contributed by atoms with Crippen LogP contribution in [0.3, 0.4) is 0 Å². The van der Waals surface area contributed by atoms with Crippen molar-refractivity contribution in [2.45, 2.75) is 20.0 Å². The molecule has 0 amide bonds. The SMILES string of the molecule is CCOC1=NCc2nc3ccccc3c(=O)n2C1. The van der Waals surface area contributed by atoms with Gasteiger partial charge >= 0.3 is 0 Å². The summed E-state index contributed by atoms with van der Waals surface area (Å²) in [5.41, 5.74) is 0.700. The summed E-state index contributed by atoms with van der Waals surface area (Å²) in [5.74, 6) is 1.30. The number of ether oxygens (including phenoxy) is 1. The second-order valence-corrected chi connectivity index (χ2v) is 4.08. The van der Waals surface area contributed by atoms with Gasteiger partial charge in [-0.3, -0.25) is 9.36 Å². The number of benzene rings is 1. The van der Waals surface area contributed by atoms with Gasteiger partial charge < -0.3 is 4.74 Å². The summed E-state index contributed by atoms with van der Waals surface area (Å²) in [6.45, 7) is 3.23. The average molecular weight is 243 g/mol. The van der Waals surface area contributed by atoms with E-state index in [0.717, 1.165) is 5.52 Å². The summed E-state index contributed by atoms with van der Waals surface area (Å²) in [5, 5.41) is 0.638. The summed E-state index contributed by atoms with van der Waals surface area (Å²) in [7, 11) is 0. The van der Waals surface area contributed by atoms with Gasteiger partial charge in [-0.1, -0.05) is 12.1 Å². The molecule has 5 nitrogen and oxygen atoms in total. The van der Waals surface area contributed by atoms with Gasteiger partial charge in [0.2, 0.25) is 5.90 Å². The molecule has 1 aliphatic heterocycles. The van der Waals surface area contributed by atoms with Gasteiger partial charge in [0.15, 0.2) is 0 Å². The molecule has 2 aromatic rings. The Morgan fingerprint density at radius 2 is 2.22 bits per heavy atom. The molecule has 5 heteroatoms. The number of aromatic nitrogens is 2. The number of fused-ring (bicyclic) bond motifs is 2. The molecule has 18 heavy (non-hydrogen) atoms. The minimum atomic E-state index is -0.0253. The highest BCUT2D eigenvalue weighted by atomic mass is 16.5. The molecule has 3 rings (SSSR count). The zero-order valence-electron chi connectivity index (χ0n) is 10.1. The van der Waals surface area contributed by atoms with Gasteiger partial charge in [0.25, 0.3) is 5.56 Å². The Balaban J connectivity index is 2.15. The lowest BCUT2D eigenvalue weighted by atomic mass is 10.2. The molecule has 0 aliphatic carbocycles. The largest absolute Gasteiger partial charge is 0.480 e. The predicted molar refractivity (Wildman–Crippen MR) is 68.8 cm³/mol. The van der Waals surface area contributed by atoms with Crippen molar-refractivity contribution in [3.8, 4) is 0 Å². The summed E-state index contributed by atoms with van der Waals surface area (Å²) in [6, 6.07) is 7.37. The Morgan fingerprint density at radius 3 is 3.06 bits per heavy atom. The molecule has 0 atom stereocenters. The summed E-state index contributed by atoms with van der Waals surface area (Å²) >= 11 is 0. The quantitative estimate of drug-likeness (QED) is 0.759.